The molecule has 0 fully saturated rings. The quantitative estimate of drug-likeness (QED) is 0.940. The highest BCUT2D eigenvalue weighted by Gasteiger charge is 2.22. The molecule has 0 bridgehead atoms. The van der Waals surface area contributed by atoms with E-state index in [2.05, 4.69) is 56.2 Å². The minimum atomic E-state index is 0.0687. The molecule has 0 saturated carbocycles. The first-order valence-electron chi connectivity index (χ1n) is 6.96. The predicted octanol–water partition coefficient (Wildman–Crippen LogP) is 3.33. The molecule has 0 saturated heterocycles. The molecule has 2 rings (SSSR count). The Labute approximate surface area is 125 Å². The molecule has 1 N–H and O–H groups in total. The van der Waals surface area contributed by atoms with Gasteiger partial charge in [-0.2, -0.15) is 5.10 Å². The number of thiazole rings is 1. The number of rotatable bonds is 4. The van der Waals surface area contributed by atoms with Crippen LogP contribution in [-0.4, -0.2) is 14.8 Å². The minimum absolute atomic E-state index is 0.0687. The van der Waals surface area contributed by atoms with Gasteiger partial charge < -0.3 is 5.32 Å². The van der Waals surface area contributed by atoms with Gasteiger partial charge in [-0.25, -0.2) is 4.98 Å². The van der Waals surface area contributed by atoms with Crippen molar-refractivity contribution in [3.05, 3.63) is 33.5 Å². The van der Waals surface area contributed by atoms with Gasteiger partial charge in [-0.3, -0.25) is 4.68 Å². The molecule has 2 aromatic rings. The van der Waals surface area contributed by atoms with Gasteiger partial charge in [0.2, 0.25) is 0 Å². The van der Waals surface area contributed by atoms with Crippen LogP contribution in [0.25, 0.3) is 0 Å². The van der Waals surface area contributed by atoms with Gasteiger partial charge in [-0.15, -0.1) is 11.3 Å². The van der Waals surface area contributed by atoms with Crippen molar-refractivity contribution in [2.75, 3.05) is 0 Å². The summed E-state index contributed by atoms with van der Waals surface area (Å²) in [5, 5.41) is 9.29. The second kappa shape index (κ2) is 5.66. The summed E-state index contributed by atoms with van der Waals surface area (Å²) in [6.07, 6.45) is 4.04. The Hall–Kier alpha value is -1.20. The summed E-state index contributed by atoms with van der Waals surface area (Å²) < 4.78 is 1.90. The molecule has 0 aliphatic carbocycles. The highest BCUT2D eigenvalue weighted by molar-refractivity contribution is 7.11. The molecular formula is C15H24N4S. The average molecular weight is 292 g/mol. The fourth-order valence-corrected chi connectivity index (χ4v) is 3.02. The van der Waals surface area contributed by atoms with E-state index >= 15 is 0 Å². The summed E-state index contributed by atoms with van der Waals surface area (Å²) in [5.41, 5.74) is 2.49. The van der Waals surface area contributed by atoms with Crippen LogP contribution in [0.4, 0.5) is 0 Å². The lowest BCUT2D eigenvalue weighted by Crippen LogP contribution is -2.21. The SMILES string of the molecule is Cc1cnc(C(C)NCc2cn(C)nc2C(C)(C)C)s1. The smallest absolute Gasteiger partial charge is 0.109 e. The Balaban J connectivity index is 2.08. The van der Waals surface area contributed by atoms with E-state index < -0.39 is 0 Å². The molecule has 0 amide bonds. The lowest BCUT2D eigenvalue weighted by molar-refractivity contribution is 0.530. The second-order valence-electron chi connectivity index (χ2n) is 6.34. The number of hydrogen-bond donors (Lipinski definition) is 1. The zero-order valence-corrected chi connectivity index (χ0v) is 14.0. The summed E-state index contributed by atoms with van der Waals surface area (Å²) in [6.45, 7) is 11.7. The first-order valence-corrected chi connectivity index (χ1v) is 7.77. The highest BCUT2D eigenvalue weighted by Crippen LogP contribution is 2.25. The van der Waals surface area contributed by atoms with Gasteiger partial charge in [0.25, 0.3) is 0 Å². The average Bonchev–Trinajstić information content (AvgIpc) is 2.91. The van der Waals surface area contributed by atoms with Gasteiger partial charge in [0.1, 0.15) is 5.01 Å². The topological polar surface area (TPSA) is 42.7 Å². The molecule has 2 heterocycles. The largest absolute Gasteiger partial charge is 0.304 e. The van der Waals surface area contributed by atoms with E-state index in [0.29, 0.717) is 0 Å². The molecule has 1 atom stereocenters. The minimum Gasteiger partial charge on any atom is -0.304 e. The van der Waals surface area contributed by atoms with Gasteiger partial charge in [0.15, 0.2) is 0 Å². The maximum absolute atomic E-state index is 4.60. The Kier molecular flexibility index (Phi) is 4.30. The highest BCUT2D eigenvalue weighted by atomic mass is 32.1. The van der Waals surface area contributed by atoms with E-state index in [1.807, 2.05) is 17.9 Å². The van der Waals surface area contributed by atoms with Crippen molar-refractivity contribution in [2.24, 2.45) is 7.05 Å². The van der Waals surface area contributed by atoms with E-state index in [-0.39, 0.29) is 11.5 Å². The summed E-state index contributed by atoms with van der Waals surface area (Å²) >= 11 is 1.75. The Morgan fingerprint density at radius 1 is 1.40 bits per heavy atom. The van der Waals surface area contributed by atoms with E-state index in [4.69, 9.17) is 0 Å². The van der Waals surface area contributed by atoms with Crippen LogP contribution >= 0.6 is 11.3 Å². The lowest BCUT2D eigenvalue weighted by atomic mass is 9.89. The number of hydrogen-bond acceptors (Lipinski definition) is 4. The summed E-state index contributed by atoms with van der Waals surface area (Å²) in [5.74, 6) is 0. The third-order valence-electron chi connectivity index (χ3n) is 3.22. The molecule has 2 aromatic heterocycles. The Morgan fingerprint density at radius 3 is 2.65 bits per heavy atom. The van der Waals surface area contributed by atoms with E-state index in [1.54, 1.807) is 11.3 Å². The van der Waals surface area contributed by atoms with Crippen molar-refractivity contribution in [3.8, 4) is 0 Å². The second-order valence-corrected chi connectivity index (χ2v) is 7.60. The van der Waals surface area contributed by atoms with E-state index in [9.17, 15) is 0 Å². The van der Waals surface area contributed by atoms with Crippen molar-refractivity contribution >= 4 is 11.3 Å². The van der Waals surface area contributed by atoms with Crippen molar-refractivity contribution in [1.82, 2.24) is 20.1 Å². The van der Waals surface area contributed by atoms with Crippen molar-refractivity contribution in [1.29, 1.82) is 0 Å². The third kappa shape index (κ3) is 3.46. The number of nitrogens with zero attached hydrogens (tertiary/aromatic N) is 3. The van der Waals surface area contributed by atoms with Crippen LogP contribution in [0, 0.1) is 6.92 Å². The van der Waals surface area contributed by atoms with Crippen LogP contribution in [0.3, 0.4) is 0 Å². The lowest BCUT2D eigenvalue weighted by Gasteiger charge is -2.18. The Bertz CT molecular complexity index is 577. The Morgan fingerprint density at radius 2 is 2.10 bits per heavy atom. The molecule has 4 nitrogen and oxygen atoms in total. The van der Waals surface area contributed by atoms with Gasteiger partial charge in [-0.1, -0.05) is 20.8 Å². The van der Waals surface area contributed by atoms with Crippen LogP contribution < -0.4 is 5.32 Å². The molecule has 1 unspecified atom stereocenters. The van der Waals surface area contributed by atoms with E-state index in [0.717, 1.165) is 17.2 Å². The fraction of sp³-hybridized carbons (Fsp3) is 0.600. The summed E-state index contributed by atoms with van der Waals surface area (Å²) in [7, 11) is 1.98. The van der Waals surface area contributed by atoms with Gasteiger partial charge in [0, 0.05) is 41.8 Å². The third-order valence-corrected chi connectivity index (χ3v) is 4.32. The maximum Gasteiger partial charge on any atom is 0.109 e. The number of aryl methyl sites for hydroxylation is 2. The van der Waals surface area contributed by atoms with Gasteiger partial charge in [-0.05, 0) is 13.8 Å². The molecule has 0 aromatic carbocycles. The molecule has 0 aliphatic heterocycles. The number of nitrogens with one attached hydrogen (secondary N) is 1. The van der Waals surface area contributed by atoms with Crippen LogP contribution in [0.15, 0.2) is 12.4 Å². The molecule has 0 aliphatic rings. The normalized spacial score (nSPS) is 13.7. The van der Waals surface area contributed by atoms with Crippen molar-refractivity contribution in [2.45, 2.75) is 52.6 Å². The molecule has 0 spiro atoms. The maximum atomic E-state index is 4.60. The van der Waals surface area contributed by atoms with Gasteiger partial charge in [0.05, 0.1) is 11.7 Å². The number of aromatic nitrogens is 3. The van der Waals surface area contributed by atoms with Crippen LogP contribution in [0.1, 0.15) is 54.9 Å². The first kappa shape index (κ1) is 15.2. The van der Waals surface area contributed by atoms with Gasteiger partial charge >= 0.3 is 0 Å². The van der Waals surface area contributed by atoms with Crippen LogP contribution in [0.5, 0.6) is 0 Å². The van der Waals surface area contributed by atoms with Crippen LogP contribution in [0.2, 0.25) is 0 Å². The molecule has 20 heavy (non-hydrogen) atoms. The van der Waals surface area contributed by atoms with Crippen LogP contribution in [-0.2, 0) is 19.0 Å². The van der Waals surface area contributed by atoms with E-state index in [1.165, 1.54) is 10.4 Å². The molecular weight excluding hydrogens is 268 g/mol. The zero-order valence-electron chi connectivity index (χ0n) is 13.2. The molecule has 110 valence electrons. The summed E-state index contributed by atoms with van der Waals surface area (Å²) in [4.78, 5) is 5.69. The van der Waals surface area contributed by atoms with Crippen molar-refractivity contribution < 1.29 is 0 Å². The zero-order chi connectivity index (χ0) is 14.9. The standard InChI is InChI=1S/C15H24N4S/c1-10-7-17-14(20-10)11(2)16-8-12-9-19(6)18-13(12)15(3,4)5/h7,9,11,16H,8H2,1-6H3. The molecule has 5 heteroatoms. The summed E-state index contributed by atoms with van der Waals surface area (Å²) in [6, 6.07) is 0.265. The monoisotopic (exact) mass is 292 g/mol. The predicted molar refractivity (Wildman–Crippen MR) is 84.0 cm³/mol. The fourth-order valence-electron chi connectivity index (χ4n) is 2.22. The molecule has 0 radical (unpaired) electrons. The first-order chi connectivity index (χ1) is 9.27. The van der Waals surface area contributed by atoms with Crippen molar-refractivity contribution in [3.63, 3.8) is 0 Å².